The van der Waals surface area contributed by atoms with Crippen LogP contribution in [0, 0.1) is 16.0 Å². The number of nitro groups is 1. The molecule has 3 N–H and O–H groups in total. The van der Waals surface area contributed by atoms with E-state index in [0.29, 0.717) is 0 Å². The lowest BCUT2D eigenvalue weighted by Crippen LogP contribution is -2.39. The molecule has 1 aromatic carbocycles. The topological polar surface area (TPSA) is 125 Å². The summed E-state index contributed by atoms with van der Waals surface area (Å²) in [6.45, 7) is 3.50. The second kappa shape index (κ2) is 6.69. The molecule has 0 heterocycles. The third kappa shape index (κ3) is 3.91. The van der Waals surface area contributed by atoms with Crippen molar-refractivity contribution < 1.29 is 19.2 Å². The number of amides is 1. The number of carbonyl (C=O) groups excluding carboxylic acids is 2. The maximum absolute atomic E-state index is 11.5. The number of hydrogen-bond donors (Lipinski definition) is 2. The van der Waals surface area contributed by atoms with E-state index in [1.165, 1.54) is 25.3 Å². The number of nitro benzene ring substituents is 1. The summed E-state index contributed by atoms with van der Waals surface area (Å²) >= 11 is 0. The van der Waals surface area contributed by atoms with Crippen LogP contribution in [0.5, 0.6) is 0 Å². The third-order valence-corrected chi connectivity index (χ3v) is 2.90. The van der Waals surface area contributed by atoms with E-state index in [1.54, 1.807) is 13.8 Å². The zero-order chi connectivity index (χ0) is 16.2. The molecule has 8 heteroatoms. The van der Waals surface area contributed by atoms with Crippen LogP contribution in [0.15, 0.2) is 18.2 Å². The number of nitrogens with one attached hydrogen (secondary N) is 1. The average molecular weight is 295 g/mol. The number of ether oxygens (including phenoxy) is 1. The molecule has 0 aliphatic heterocycles. The van der Waals surface area contributed by atoms with Gasteiger partial charge >= 0.3 is 5.97 Å². The summed E-state index contributed by atoms with van der Waals surface area (Å²) in [5.74, 6) is -1.44. The lowest BCUT2D eigenvalue weighted by Gasteiger charge is -2.20. The molecule has 1 rings (SSSR count). The first kappa shape index (κ1) is 16.4. The molecular formula is C13H17N3O5. The van der Waals surface area contributed by atoms with Crippen LogP contribution < -0.4 is 11.1 Å². The Morgan fingerprint density at radius 3 is 2.43 bits per heavy atom. The van der Waals surface area contributed by atoms with Gasteiger partial charge in [0.05, 0.1) is 17.6 Å². The minimum Gasteiger partial charge on any atom is -0.465 e. The Bertz CT molecular complexity index is 571. The predicted octanol–water partition coefficient (Wildman–Crippen LogP) is 1.30. The SMILES string of the molecule is COC(=O)c1ccc([N+](=O)[O-])c(NC(C(N)=O)C(C)C)c1. The molecule has 21 heavy (non-hydrogen) atoms. The highest BCUT2D eigenvalue weighted by Gasteiger charge is 2.24. The Balaban J connectivity index is 3.26. The van der Waals surface area contributed by atoms with Gasteiger partial charge in [-0.05, 0) is 18.1 Å². The van der Waals surface area contributed by atoms with E-state index in [2.05, 4.69) is 10.1 Å². The average Bonchev–Trinajstić information content (AvgIpc) is 2.42. The molecule has 1 aromatic rings. The second-order valence-corrected chi connectivity index (χ2v) is 4.75. The Kier molecular flexibility index (Phi) is 5.23. The van der Waals surface area contributed by atoms with E-state index in [4.69, 9.17) is 5.73 Å². The van der Waals surface area contributed by atoms with Crippen molar-refractivity contribution in [2.75, 3.05) is 12.4 Å². The second-order valence-electron chi connectivity index (χ2n) is 4.75. The summed E-state index contributed by atoms with van der Waals surface area (Å²) in [6.07, 6.45) is 0. The van der Waals surface area contributed by atoms with Crippen molar-refractivity contribution in [3.05, 3.63) is 33.9 Å². The number of nitrogens with two attached hydrogens (primary N) is 1. The fourth-order valence-corrected chi connectivity index (χ4v) is 1.79. The van der Waals surface area contributed by atoms with Crippen LogP contribution in [-0.4, -0.2) is 30.0 Å². The minimum absolute atomic E-state index is 0.0420. The fourth-order valence-electron chi connectivity index (χ4n) is 1.79. The normalized spacial score (nSPS) is 11.8. The largest absolute Gasteiger partial charge is 0.465 e. The Morgan fingerprint density at radius 2 is 2.00 bits per heavy atom. The van der Waals surface area contributed by atoms with Crippen molar-refractivity contribution >= 4 is 23.3 Å². The number of anilines is 1. The van der Waals surface area contributed by atoms with Crippen molar-refractivity contribution in [3.63, 3.8) is 0 Å². The molecule has 0 aliphatic rings. The van der Waals surface area contributed by atoms with Crippen LogP contribution >= 0.6 is 0 Å². The summed E-state index contributed by atoms with van der Waals surface area (Å²) in [7, 11) is 1.21. The van der Waals surface area contributed by atoms with Gasteiger partial charge in [0, 0.05) is 6.07 Å². The lowest BCUT2D eigenvalue weighted by molar-refractivity contribution is -0.384. The number of esters is 1. The molecule has 0 fully saturated rings. The number of hydrogen-bond acceptors (Lipinski definition) is 6. The zero-order valence-electron chi connectivity index (χ0n) is 12.0. The monoisotopic (exact) mass is 295 g/mol. The molecule has 114 valence electrons. The molecule has 1 amide bonds. The molecule has 1 atom stereocenters. The molecule has 0 radical (unpaired) electrons. The third-order valence-electron chi connectivity index (χ3n) is 2.90. The van der Waals surface area contributed by atoms with Gasteiger partial charge in [0.15, 0.2) is 0 Å². The molecule has 0 aliphatic carbocycles. The van der Waals surface area contributed by atoms with E-state index in [0.717, 1.165) is 0 Å². The van der Waals surface area contributed by atoms with Gasteiger partial charge in [-0.2, -0.15) is 0 Å². The van der Waals surface area contributed by atoms with E-state index >= 15 is 0 Å². The number of nitrogens with zero attached hydrogens (tertiary/aromatic N) is 1. The predicted molar refractivity (Wildman–Crippen MR) is 75.9 cm³/mol. The molecule has 1 unspecified atom stereocenters. The van der Waals surface area contributed by atoms with E-state index in [-0.39, 0.29) is 22.9 Å². The van der Waals surface area contributed by atoms with Gasteiger partial charge in [-0.25, -0.2) is 4.79 Å². The highest BCUT2D eigenvalue weighted by Crippen LogP contribution is 2.27. The number of rotatable bonds is 6. The Morgan fingerprint density at radius 1 is 1.38 bits per heavy atom. The van der Waals surface area contributed by atoms with Crippen LogP contribution in [0.25, 0.3) is 0 Å². The summed E-state index contributed by atoms with van der Waals surface area (Å²) in [5, 5.41) is 13.8. The van der Waals surface area contributed by atoms with Crippen LogP contribution in [0.2, 0.25) is 0 Å². The van der Waals surface area contributed by atoms with Gasteiger partial charge in [-0.15, -0.1) is 0 Å². The molecule has 0 saturated heterocycles. The summed E-state index contributed by atoms with van der Waals surface area (Å²) in [6, 6.07) is 2.93. The van der Waals surface area contributed by atoms with Gasteiger partial charge in [-0.1, -0.05) is 13.8 Å². The molecular weight excluding hydrogens is 278 g/mol. The van der Waals surface area contributed by atoms with Crippen LogP contribution in [0.1, 0.15) is 24.2 Å². The van der Waals surface area contributed by atoms with Gasteiger partial charge < -0.3 is 15.8 Å². The molecule has 0 spiro atoms. The van der Waals surface area contributed by atoms with E-state index < -0.39 is 22.8 Å². The fraction of sp³-hybridized carbons (Fsp3) is 0.385. The molecule has 0 bridgehead atoms. The Hall–Kier alpha value is -2.64. The number of methoxy groups -OCH3 is 1. The van der Waals surface area contributed by atoms with Crippen molar-refractivity contribution in [2.24, 2.45) is 11.7 Å². The minimum atomic E-state index is -0.795. The van der Waals surface area contributed by atoms with Crippen molar-refractivity contribution in [2.45, 2.75) is 19.9 Å². The first-order chi connectivity index (χ1) is 9.77. The number of carbonyl (C=O) groups is 2. The maximum atomic E-state index is 11.5. The molecule has 0 aromatic heterocycles. The van der Waals surface area contributed by atoms with Crippen molar-refractivity contribution in [1.29, 1.82) is 0 Å². The first-order valence-corrected chi connectivity index (χ1v) is 6.20. The van der Waals surface area contributed by atoms with E-state index in [1.807, 2.05) is 0 Å². The Labute approximate surface area is 121 Å². The van der Waals surface area contributed by atoms with Gasteiger partial charge in [-0.3, -0.25) is 14.9 Å². The molecule has 0 saturated carbocycles. The van der Waals surface area contributed by atoms with Gasteiger partial charge in [0.1, 0.15) is 11.7 Å². The standard InChI is InChI=1S/C13H17N3O5/c1-7(2)11(12(14)17)15-9-6-8(13(18)21-3)4-5-10(9)16(19)20/h4-7,11,15H,1-3H3,(H2,14,17). The van der Waals surface area contributed by atoms with Crippen LogP contribution in [0.4, 0.5) is 11.4 Å². The first-order valence-electron chi connectivity index (χ1n) is 6.20. The van der Waals surface area contributed by atoms with Gasteiger partial charge in [0.2, 0.25) is 5.91 Å². The summed E-state index contributed by atoms with van der Waals surface area (Å²) in [5.41, 5.74) is 5.20. The highest BCUT2D eigenvalue weighted by molar-refractivity contribution is 5.92. The van der Waals surface area contributed by atoms with Crippen LogP contribution in [-0.2, 0) is 9.53 Å². The maximum Gasteiger partial charge on any atom is 0.337 e. The highest BCUT2D eigenvalue weighted by atomic mass is 16.6. The number of benzene rings is 1. The van der Waals surface area contributed by atoms with Crippen molar-refractivity contribution in [3.8, 4) is 0 Å². The summed E-state index contributed by atoms with van der Waals surface area (Å²) < 4.78 is 4.56. The van der Waals surface area contributed by atoms with Gasteiger partial charge in [0.25, 0.3) is 5.69 Å². The smallest absolute Gasteiger partial charge is 0.337 e. The van der Waals surface area contributed by atoms with Crippen molar-refractivity contribution in [1.82, 2.24) is 0 Å². The van der Waals surface area contributed by atoms with Crippen LogP contribution in [0.3, 0.4) is 0 Å². The summed E-state index contributed by atoms with van der Waals surface area (Å²) in [4.78, 5) is 33.3. The zero-order valence-corrected chi connectivity index (χ0v) is 12.0. The lowest BCUT2D eigenvalue weighted by atomic mass is 10.0. The quantitative estimate of drug-likeness (QED) is 0.463. The number of primary amides is 1. The molecule has 8 nitrogen and oxygen atoms in total. The van der Waals surface area contributed by atoms with E-state index in [9.17, 15) is 19.7 Å².